The average Bonchev–Trinajstić information content (AvgIpc) is 3.25. The monoisotopic (exact) mass is 408 g/mol. The Morgan fingerprint density at radius 1 is 0.839 bits per heavy atom. The van der Waals surface area contributed by atoms with Crippen LogP contribution < -0.4 is 5.56 Å². The first-order valence-corrected chi connectivity index (χ1v) is 10.0. The number of hydrogen-bond donors (Lipinski definition) is 0. The van der Waals surface area contributed by atoms with Crippen LogP contribution in [0.1, 0.15) is 17.0 Å². The third-order valence-corrected chi connectivity index (χ3v) is 5.22. The van der Waals surface area contributed by atoms with E-state index in [2.05, 4.69) is 15.2 Å². The molecule has 0 aliphatic heterocycles. The molecule has 0 bridgehead atoms. The van der Waals surface area contributed by atoms with Crippen molar-refractivity contribution in [3.63, 3.8) is 0 Å². The highest BCUT2D eigenvalue weighted by molar-refractivity contribution is 5.93. The van der Waals surface area contributed by atoms with E-state index in [1.54, 1.807) is 0 Å². The lowest BCUT2D eigenvalue weighted by Gasteiger charge is -2.10. The largest absolute Gasteiger partial charge is 0.337 e. The zero-order valence-electron chi connectivity index (χ0n) is 17.2. The lowest BCUT2D eigenvalue weighted by molar-refractivity contribution is 0.364. The molecule has 0 atom stereocenters. The predicted octanol–water partition coefficient (Wildman–Crippen LogP) is 4.78. The second kappa shape index (κ2) is 7.65. The second-order valence-corrected chi connectivity index (χ2v) is 7.60. The Labute approximate surface area is 178 Å². The van der Waals surface area contributed by atoms with E-state index >= 15 is 0 Å². The van der Waals surface area contributed by atoms with E-state index in [1.807, 2.05) is 86.6 Å². The van der Waals surface area contributed by atoms with E-state index in [0.29, 0.717) is 17.1 Å². The average molecular weight is 408 g/mol. The summed E-state index contributed by atoms with van der Waals surface area (Å²) in [5.74, 6) is 0.822. The first-order chi connectivity index (χ1) is 15.1. The van der Waals surface area contributed by atoms with Gasteiger partial charge in [-0.3, -0.25) is 4.79 Å². The van der Waals surface area contributed by atoms with Crippen molar-refractivity contribution in [2.75, 3.05) is 0 Å². The van der Waals surface area contributed by atoms with Gasteiger partial charge in [-0.2, -0.15) is 10.1 Å². The van der Waals surface area contributed by atoms with Crippen LogP contribution in [-0.2, 0) is 6.54 Å². The fourth-order valence-electron chi connectivity index (χ4n) is 3.62. The topological polar surface area (TPSA) is 73.8 Å². The highest BCUT2D eigenvalue weighted by Gasteiger charge is 2.15. The molecular weight excluding hydrogens is 388 g/mol. The summed E-state index contributed by atoms with van der Waals surface area (Å²) in [6.45, 7) is 4.15. The molecule has 3 aromatic carbocycles. The molecule has 2 heterocycles. The Balaban J connectivity index is 1.59. The van der Waals surface area contributed by atoms with Gasteiger partial charge in [0.15, 0.2) is 0 Å². The number of benzene rings is 3. The first kappa shape index (κ1) is 18.9. The van der Waals surface area contributed by atoms with Gasteiger partial charge < -0.3 is 4.52 Å². The van der Waals surface area contributed by atoms with Crippen molar-refractivity contribution in [2.24, 2.45) is 0 Å². The number of fused-ring (bicyclic) bond motifs is 1. The lowest BCUT2D eigenvalue weighted by Crippen LogP contribution is -2.24. The molecule has 0 aliphatic carbocycles. The van der Waals surface area contributed by atoms with Crippen LogP contribution >= 0.6 is 0 Å². The van der Waals surface area contributed by atoms with Gasteiger partial charge in [-0.15, -0.1) is 0 Å². The van der Waals surface area contributed by atoms with Crippen molar-refractivity contribution >= 4 is 10.8 Å². The fourth-order valence-corrected chi connectivity index (χ4v) is 3.62. The molecule has 5 rings (SSSR count). The van der Waals surface area contributed by atoms with Crippen LogP contribution in [0.2, 0.25) is 0 Å². The summed E-state index contributed by atoms with van der Waals surface area (Å²) in [4.78, 5) is 17.6. The molecule has 0 spiro atoms. The third-order valence-electron chi connectivity index (χ3n) is 5.22. The Bertz CT molecular complexity index is 1450. The Morgan fingerprint density at radius 3 is 2.39 bits per heavy atom. The molecule has 2 aromatic heterocycles. The molecule has 0 saturated carbocycles. The summed E-state index contributed by atoms with van der Waals surface area (Å²) in [7, 11) is 0. The Kier molecular flexibility index (Phi) is 4.67. The Morgan fingerprint density at radius 2 is 1.61 bits per heavy atom. The summed E-state index contributed by atoms with van der Waals surface area (Å²) in [6.07, 6.45) is 0. The fraction of sp³-hybridized carbons (Fsp3) is 0.120. The van der Waals surface area contributed by atoms with Crippen LogP contribution in [0.15, 0.2) is 82.1 Å². The molecule has 5 aromatic rings. The highest BCUT2D eigenvalue weighted by atomic mass is 16.5. The predicted molar refractivity (Wildman–Crippen MR) is 120 cm³/mol. The SMILES string of the molecule is Cc1ccc(-c2nn(Cc3nc(-c4cccc(C)c4)no3)c(=O)c3ccccc23)cc1. The molecule has 0 radical (unpaired) electrons. The van der Waals surface area contributed by atoms with Gasteiger partial charge in [0.1, 0.15) is 6.54 Å². The maximum absolute atomic E-state index is 13.1. The molecule has 6 heteroatoms. The van der Waals surface area contributed by atoms with E-state index < -0.39 is 0 Å². The van der Waals surface area contributed by atoms with Crippen molar-refractivity contribution in [2.45, 2.75) is 20.4 Å². The molecule has 0 N–H and O–H groups in total. The van der Waals surface area contributed by atoms with Crippen LogP contribution in [0.25, 0.3) is 33.4 Å². The molecular formula is C25H20N4O2. The maximum Gasteiger partial charge on any atom is 0.275 e. The van der Waals surface area contributed by atoms with E-state index in [0.717, 1.165) is 33.3 Å². The number of hydrogen-bond acceptors (Lipinski definition) is 5. The summed E-state index contributed by atoms with van der Waals surface area (Å²) in [5.41, 5.74) is 4.64. The molecule has 0 unspecified atom stereocenters. The minimum Gasteiger partial charge on any atom is -0.337 e. The molecule has 31 heavy (non-hydrogen) atoms. The van der Waals surface area contributed by atoms with E-state index in [1.165, 1.54) is 4.68 Å². The lowest BCUT2D eigenvalue weighted by atomic mass is 10.0. The van der Waals surface area contributed by atoms with Gasteiger partial charge >= 0.3 is 0 Å². The smallest absolute Gasteiger partial charge is 0.275 e. The highest BCUT2D eigenvalue weighted by Crippen LogP contribution is 2.25. The zero-order valence-corrected chi connectivity index (χ0v) is 17.2. The summed E-state index contributed by atoms with van der Waals surface area (Å²) >= 11 is 0. The summed E-state index contributed by atoms with van der Waals surface area (Å²) in [5, 5.41) is 10.2. The number of nitrogens with zero attached hydrogens (tertiary/aromatic N) is 4. The molecule has 0 fully saturated rings. The minimum atomic E-state index is -0.193. The van der Waals surface area contributed by atoms with Gasteiger partial charge in [0, 0.05) is 16.5 Å². The standard InChI is InChI=1S/C25H20N4O2/c1-16-10-12-18(13-11-16)23-20-8-3-4-9-21(20)25(30)29(27-23)15-22-26-24(28-31-22)19-7-5-6-17(2)14-19/h3-14H,15H2,1-2H3. The molecule has 0 aliphatic rings. The second-order valence-electron chi connectivity index (χ2n) is 7.60. The first-order valence-electron chi connectivity index (χ1n) is 10.0. The maximum atomic E-state index is 13.1. The van der Waals surface area contributed by atoms with Crippen molar-refractivity contribution in [3.05, 3.63) is 100 Å². The minimum absolute atomic E-state index is 0.0986. The van der Waals surface area contributed by atoms with Gasteiger partial charge in [-0.05, 0) is 26.0 Å². The van der Waals surface area contributed by atoms with Gasteiger partial charge in [0.2, 0.25) is 11.7 Å². The van der Waals surface area contributed by atoms with Crippen LogP contribution in [0.5, 0.6) is 0 Å². The third kappa shape index (κ3) is 3.64. The van der Waals surface area contributed by atoms with Crippen LogP contribution in [0.3, 0.4) is 0 Å². The molecule has 0 saturated heterocycles. The van der Waals surface area contributed by atoms with Crippen molar-refractivity contribution in [1.82, 2.24) is 19.9 Å². The van der Waals surface area contributed by atoms with Gasteiger partial charge in [-0.1, -0.05) is 76.9 Å². The number of rotatable bonds is 4. The van der Waals surface area contributed by atoms with Crippen molar-refractivity contribution in [1.29, 1.82) is 0 Å². The van der Waals surface area contributed by atoms with Gasteiger partial charge in [0.25, 0.3) is 5.56 Å². The van der Waals surface area contributed by atoms with E-state index in [9.17, 15) is 4.79 Å². The quantitative estimate of drug-likeness (QED) is 0.428. The number of aryl methyl sites for hydroxylation is 2. The zero-order chi connectivity index (χ0) is 21.4. The van der Waals surface area contributed by atoms with Crippen LogP contribution in [0.4, 0.5) is 0 Å². The Hall–Kier alpha value is -4.06. The molecule has 0 amide bonds. The summed E-state index contributed by atoms with van der Waals surface area (Å²) < 4.78 is 6.82. The van der Waals surface area contributed by atoms with Crippen LogP contribution in [-0.4, -0.2) is 19.9 Å². The van der Waals surface area contributed by atoms with E-state index in [4.69, 9.17) is 4.52 Å². The van der Waals surface area contributed by atoms with E-state index in [-0.39, 0.29) is 12.1 Å². The molecule has 152 valence electrons. The molecule has 6 nitrogen and oxygen atoms in total. The normalized spacial score (nSPS) is 11.2. The number of aromatic nitrogens is 4. The van der Waals surface area contributed by atoms with Crippen molar-refractivity contribution < 1.29 is 4.52 Å². The van der Waals surface area contributed by atoms with Gasteiger partial charge in [-0.25, -0.2) is 4.68 Å². The van der Waals surface area contributed by atoms with Gasteiger partial charge in [0.05, 0.1) is 11.1 Å². The van der Waals surface area contributed by atoms with Crippen molar-refractivity contribution in [3.8, 4) is 22.6 Å². The van der Waals surface area contributed by atoms with Crippen LogP contribution in [0, 0.1) is 13.8 Å². The summed E-state index contributed by atoms with van der Waals surface area (Å²) in [6, 6.07) is 23.5.